The van der Waals surface area contributed by atoms with Crippen LogP contribution in [0.15, 0.2) is 40.8 Å². The fourth-order valence-electron chi connectivity index (χ4n) is 2.68. The molecule has 0 radical (unpaired) electrons. The Labute approximate surface area is 112 Å². The summed E-state index contributed by atoms with van der Waals surface area (Å²) in [6.07, 6.45) is 5.10. The van der Waals surface area contributed by atoms with Crippen LogP contribution >= 0.6 is 0 Å². The number of amides is 1. The predicted molar refractivity (Wildman–Crippen MR) is 75.2 cm³/mol. The van der Waals surface area contributed by atoms with Gasteiger partial charge in [0.25, 0.3) is 5.91 Å². The van der Waals surface area contributed by atoms with Gasteiger partial charge < -0.3 is 9.32 Å². The molecule has 0 aliphatic carbocycles. The van der Waals surface area contributed by atoms with Gasteiger partial charge in [0.15, 0.2) is 0 Å². The number of benzene rings is 1. The zero-order chi connectivity index (χ0) is 13.4. The SMILES string of the molecule is CC[C@@H]1C=CCN1C(=O)c1cccc2cc(C)oc12. The summed E-state index contributed by atoms with van der Waals surface area (Å²) in [4.78, 5) is 14.6. The van der Waals surface area contributed by atoms with Gasteiger partial charge in [-0.15, -0.1) is 0 Å². The van der Waals surface area contributed by atoms with Crippen molar-refractivity contribution < 1.29 is 9.21 Å². The number of nitrogens with zero attached hydrogens (tertiary/aromatic N) is 1. The van der Waals surface area contributed by atoms with Crippen molar-refractivity contribution in [2.24, 2.45) is 0 Å². The highest BCUT2D eigenvalue weighted by Crippen LogP contribution is 2.25. The molecule has 3 heteroatoms. The Morgan fingerprint density at radius 1 is 1.47 bits per heavy atom. The van der Waals surface area contributed by atoms with Gasteiger partial charge in [-0.1, -0.05) is 31.2 Å². The first kappa shape index (κ1) is 12.0. The highest BCUT2D eigenvalue weighted by atomic mass is 16.3. The summed E-state index contributed by atoms with van der Waals surface area (Å²) >= 11 is 0. The molecule has 0 N–H and O–H groups in total. The van der Waals surface area contributed by atoms with Crippen LogP contribution in [0.1, 0.15) is 29.5 Å². The van der Waals surface area contributed by atoms with Crippen LogP contribution in [0.5, 0.6) is 0 Å². The molecule has 0 bridgehead atoms. The van der Waals surface area contributed by atoms with Gasteiger partial charge in [0, 0.05) is 11.9 Å². The lowest BCUT2D eigenvalue weighted by Crippen LogP contribution is -2.35. The first-order valence-corrected chi connectivity index (χ1v) is 6.67. The van der Waals surface area contributed by atoms with Crippen LogP contribution in [-0.2, 0) is 0 Å². The number of carbonyl (C=O) groups is 1. The van der Waals surface area contributed by atoms with Crippen LogP contribution in [0, 0.1) is 6.92 Å². The number of aryl methyl sites for hydroxylation is 1. The Morgan fingerprint density at radius 2 is 2.32 bits per heavy atom. The zero-order valence-corrected chi connectivity index (χ0v) is 11.2. The summed E-state index contributed by atoms with van der Waals surface area (Å²) in [5.74, 6) is 0.888. The monoisotopic (exact) mass is 255 g/mol. The minimum atomic E-state index is 0.0526. The lowest BCUT2D eigenvalue weighted by molar-refractivity contribution is 0.0748. The van der Waals surface area contributed by atoms with Gasteiger partial charge in [-0.2, -0.15) is 0 Å². The molecule has 1 aromatic heterocycles. The molecule has 0 saturated heterocycles. The number of hydrogen-bond donors (Lipinski definition) is 0. The summed E-state index contributed by atoms with van der Waals surface area (Å²) in [5, 5.41) is 0.989. The third kappa shape index (κ3) is 1.95. The van der Waals surface area contributed by atoms with Gasteiger partial charge in [-0.05, 0) is 25.5 Å². The first-order chi connectivity index (χ1) is 9.20. The predicted octanol–water partition coefficient (Wildman–Crippen LogP) is 3.53. The number of carbonyl (C=O) groups excluding carboxylic acids is 1. The van der Waals surface area contributed by atoms with E-state index < -0.39 is 0 Å². The Morgan fingerprint density at radius 3 is 3.11 bits per heavy atom. The van der Waals surface area contributed by atoms with Crippen molar-refractivity contribution in [3.63, 3.8) is 0 Å². The molecule has 3 nitrogen and oxygen atoms in total. The van der Waals surface area contributed by atoms with E-state index in [-0.39, 0.29) is 11.9 Å². The first-order valence-electron chi connectivity index (χ1n) is 6.67. The summed E-state index contributed by atoms with van der Waals surface area (Å²) in [7, 11) is 0. The fourth-order valence-corrected chi connectivity index (χ4v) is 2.68. The van der Waals surface area contributed by atoms with Crippen molar-refractivity contribution in [3.8, 4) is 0 Å². The van der Waals surface area contributed by atoms with Crippen molar-refractivity contribution in [1.82, 2.24) is 4.90 Å². The lowest BCUT2D eigenvalue weighted by atomic mass is 10.1. The number of rotatable bonds is 2. The van der Waals surface area contributed by atoms with Gasteiger partial charge in [0.05, 0.1) is 11.6 Å². The molecule has 3 rings (SSSR count). The van der Waals surface area contributed by atoms with Crippen LogP contribution in [0.25, 0.3) is 11.0 Å². The van der Waals surface area contributed by atoms with Crippen LogP contribution in [0.3, 0.4) is 0 Å². The second kappa shape index (κ2) is 4.57. The Bertz CT molecular complexity index is 654. The molecule has 1 amide bonds. The number of furan rings is 1. The van der Waals surface area contributed by atoms with Gasteiger partial charge in [-0.25, -0.2) is 0 Å². The van der Waals surface area contributed by atoms with E-state index in [1.54, 1.807) is 0 Å². The largest absolute Gasteiger partial charge is 0.461 e. The molecule has 0 spiro atoms. The number of hydrogen-bond acceptors (Lipinski definition) is 2. The van der Waals surface area contributed by atoms with Gasteiger partial charge in [-0.3, -0.25) is 4.79 Å². The van der Waals surface area contributed by atoms with E-state index in [1.165, 1.54) is 0 Å². The van der Waals surface area contributed by atoms with Crippen LogP contribution in [0.4, 0.5) is 0 Å². The standard InChI is InChI=1S/C16H17NO2/c1-3-13-7-5-9-17(13)16(18)14-8-4-6-12-10-11(2)19-15(12)14/h4-8,10,13H,3,9H2,1-2H3/t13-/m1/s1. The van der Waals surface area contributed by atoms with Gasteiger partial charge >= 0.3 is 0 Å². The summed E-state index contributed by atoms with van der Waals surface area (Å²) in [5.41, 5.74) is 1.36. The third-order valence-corrected chi connectivity index (χ3v) is 3.64. The smallest absolute Gasteiger partial charge is 0.258 e. The van der Waals surface area contributed by atoms with E-state index in [9.17, 15) is 4.79 Å². The average Bonchev–Trinajstić information content (AvgIpc) is 3.01. The lowest BCUT2D eigenvalue weighted by Gasteiger charge is -2.23. The summed E-state index contributed by atoms with van der Waals surface area (Å²) in [6.45, 7) is 4.69. The van der Waals surface area contributed by atoms with Crippen molar-refractivity contribution in [1.29, 1.82) is 0 Å². The molecular formula is C16H17NO2. The Balaban J connectivity index is 2.02. The van der Waals surface area contributed by atoms with E-state index in [4.69, 9.17) is 4.42 Å². The highest BCUT2D eigenvalue weighted by molar-refractivity contribution is 6.05. The number of para-hydroxylation sites is 1. The molecule has 1 aliphatic heterocycles. The minimum Gasteiger partial charge on any atom is -0.461 e. The van der Waals surface area contributed by atoms with E-state index >= 15 is 0 Å². The van der Waals surface area contributed by atoms with Gasteiger partial charge in [0.1, 0.15) is 11.3 Å². The maximum atomic E-state index is 12.7. The highest BCUT2D eigenvalue weighted by Gasteiger charge is 2.26. The van der Waals surface area contributed by atoms with Gasteiger partial charge in [0.2, 0.25) is 0 Å². The minimum absolute atomic E-state index is 0.0526. The molecule has 19 heavy (non-hydrogen) atoms. The quantitative estimate of drug-likeness (QED) is 0.769. The molecule has 0 fully saturated rings. The molecule has 1 aromatic carbocycles. The van der Waals surface area contributed by atoms with E-state index in [2.05, 4.69) is 19.1 Å². The molecule has 0 saturated carbocycles. The van der Waals surface area contributed by atoms with Crippen molar-refractivity contribution in [2.45, 2.75) is 26.3 Å². The molecule has 1 aliphatic rings. The second-order valence-electron chi connectivity index (χ2n) is 4.94. The van der Waals surface area contributed by atoms with Crippen LogP contribution in [0.2, 0.25) is 0 Å². The fraction of sp³-hybridized carbons (Fsp3) is 0.312. The molecule has 2 heterocycles. The van der Waals surface area contributed by atoms with Crippen molar-refractivity contribution >= 4 is 16.9 Å². The molecular weight excluding hydrogens is 238 g/mol. The van der Waals surface area contributed by atoms with Crippen molar-refractivity contribution in [3.05, 3.63) is 47.7 Å². The molecule has 98 valence electrons. The molecule has 1 atom stereocenters. The normalized spacial score (nSPS) is 18.4. The molecule has 2 aromatic rings. The maximum Gasteiger partial charge on any atom is 0.258 e. The summed E-state index contributed by atoms with van der Waals surface area (Å²) in [6, 6.07) is 7.90. The van der Waals surface area contributed by atoms with E-state index in [0.717, 1.165) is 17.6 Å². The van der Waals surface area contributed by atoms with E-state index in [0.29, 0.717) is 17.7 Å². The topological polar surface area (TPSA) is 33.5 Å². The molecule has 0 unspecified atom stereocenters. The Kier molecular flexibility index (Phi) is 2.90. The third-order valence-electron chi connectivity index (χ3n) is 3.64. The van der Waals surface area contributed by atoms with Crippen molar-refractivity contribution in [2.75, 3.05) is 6.54 Å². The van der Waals surface area contributed by atoms with Crippen LogP contribution < -0.4 is 0 Å². The van der Waals surface area contributed by atoms with Crippen LogP contribution in [-0.4, -0.2) is 23.4 Å². The zero-order valence-electron chi connectivity index (χ0n) is 11.2. The number of fused-ring (bicyclic) bond motifs is 1. The Hall–Kier alpha value is -2.03. The summed E-state index contributed by atoms with van der Waals surface area (Å²) < 4.78 is 5.68. The maximum absolute atomic E-state index is 12.7. The van der Waals surface area contributed by atoms with E-state index in [1.807, 2.05) is 36.1 Å². The average molecular weight is 255 g/mol. The second-order valence-corrected chi connectivity index (χ2v) is 4.94.